The van der Waals surface area contributed by atoms with E-state index in [-0.39, 0.29) is 12.5 Å². The number of aromatic nitrogens is 1. The number of primary amides is 1. The predicted molar refractivity (Wildman–Crippen MR) is 106 cm³/mol. The van der Waals surface area contributed by atoms with E-state index in [4.69, 9.17) is 22.1 Å². The molecule has 2 aromatic carbocycles. The summed E-state index contributed by atoms with van der Waals surface area (Å²) in [6.07, 6.45) is 0. The fourth-order valence-electron chi connectivity index (χ4n) is 2.46. The van der Waals surface area contributed by atoms with Crippen molar-refractivity contribution in [3.05, 3.63) is 70.2 Å². The van der Waals surface area contributed by atoms with Gasteiger partial charge in [0.2, 0.25) is 5.91 Å². The molecule has 0 saturated carbocycles. The van der Waals surface area contributed by atoms with Crippen molar-refractivity contribution in [2.24, 2.45) is 5.73 Å². The van der Waals surface area contributed by atoms with E-state index >= 15 is 0 Å². The van der Waals surface area contributed by atoms with Gasteiger partial charge in [0.05, 0.1) is 16.9 Å². The van der Waals surface area contributed by atoms with Crippen molar-refractivity contribution in [3.63, 3.8) is 0 Å². The van der Waals surface area contributed by atoms with Crippen LogP contribution in [0.25, 0.3) is 0 Å². The van der Waals surface area contributed by atoms with Gasteiger partial charge in [-0.15, -0.1) is 11.3 Å². The van der Waals surface area contributed by atoms with Gasteiger partial charge >= 0.3 is 0 Å². The van der Waals surface area contributed by atoms with E-state index < -0.39 is 5.91 Å². The number of nitrogens with two attached hydrogens (primary N) is 1. The molecule has 2 N–H and O–H groups in total. The Balaban J connectivity index is 1.80. The molecular formula is C19H16ClN3O3S. The molecule has 27 heavy (non-hydrogen) atoms. The van der Waals surface area contributed by atoms with E-state index in [0.717, 1.165) is 0 Å². The summed E-state index contributed by atoms with van der Waals surface area (Å²) in [6.45, 7) is 1.60. The van der Waals surface area contributed by atoms with Gasteiger partial charge < -0.3 is 10.5 Å². The summed E-state index contributed by atoms with van der Waals surface area (Å²) in [5, 5.41) is 2.83. The molecule has 0 radical (unpaired) electrons. The summed E-state index contributed by atoms with van der Waals surface area (Å²) in [5.41, 5.74) is 6.92. The molecule has 0 atom stereocenters. The van der Waals surface area contributed by atoms with Crippen LogP contribution in [-0.2, 0) is 11.4 Å². The predicted octanol–water partition coefficient (Wildman–Crippen LogP) is 4.16. The fraction of sp³-hybridized carbons (Fsp3) is 0.105. The topological polar surface area (TPSA) is 85.5 Å². The average molecular weight is 402 g/mol. The molecule has 1 aromatic heterocycles. The Hall–Kier alpha value is -2.90. The van der Waals surface area contributed by atoms with Gasteiger partial charge in [0, 0.05) is 17.3 Å². The van der Waals surface area contributed by atoms with Gasteiger partial charge in [-0.1, -0.05) is 29.8 Å². The zero-order valence-electron chi connectivity index (χ0n) is 14.4. The summed E-state index contributed by atoms with van der Waals surface area (Å²) in [6, 6.07) is 13.7. The van der Waals surface area contributed by atoms with Crippen LogP contribution in [-0.4, -0.2) is 16.8 Å². The van der Waals surface area contributed by atoms with Crippen molar-refractivity contribution in [1.29, 1.82) is 0 Å². The first-order valence-corrected chi connectivity index (χ1v) is 9.24. The second-order valence-electron chi connectivity index (χ2n) is 5.60. The number of hydrogen-bond donors (Lipinski definition) is 1. The molecule has 138 valence electrons. The first kappa shape index (κ1) is 18.9. The Morgan fingerprint density at radius 1 is 1.22 bits per heavy atom. The zero-order chi connectivity index (χ0) is 19.4. The highest BCUT2D eigenvalue weighted by Crippen LogP contribution is 2.31. The van der Waals surface area contributed by atoms with Crippen molar-refractivity contribution >= 4 is 45.6 Å². The van der Waals surface area contributed by atoms with Crippen LogP contribution in [0.2, 0.25) is 5.02 Å². The van der Waals surface area contributed by atoms with E-state index in [1.807, 2.05) is 0 Å². The van der Waals surface area contributed by atoms with Crippen LogP contribution in [0.5, 0.6) is 5.75 Å². The average Bonchev–Trinajstić information content (AvgIpc) is 3.08. The number of carbonyl (C=O) groups is 2. The number of amides is 2. The maximum absolute atomic E-state index is 12.1. The first-order valence-electron chi connectivity index (χ1n) is 7.98. The molecule has 2 amide bonds. The number of thiazole rings is 1. The Labute approximate surface area is 165 Å². The largest absolute Gasteiger partial charge is 0.486 e. The van der Waals surface area contributed by atoms with Crippen molar-refractivity contribution in [2.75, 3.05) is 4.90 Å². The van der Waals surface area contributed by atoms with Crippen molar-refractivity contribution < 1.29 is 14.3 Å². The highest BCUT2D eigenvalue weighted by Gasteiger charge is 2.18. The summed E-state index contributed by atoms with van der Waals surface area (Å²) in [4.78, 5) is 29.5. The lowest BCUT2D eigenvalue weighted by Crippen LogP contribution is -2.22. The third-order valence-corrected chi connectivity index (χ3v) is 4.75. The molecule has 0 aliphatic carbocycles. The summed E-state index contributed by atoms with van der Waals surface area (Å²) in [7, 11) is 0. The Bertz CT molecular complexity index is 990. The quantitative estimate of drug-likeness (QED) is 0.672. The van der Waals surface area contributed by atoms with Crippen LogP contribution in [0, 0.1) is 0 Å². The van der Waals surface area contributed by atoms with Crippen LogP contribution in [0.3, 0.4) is 0 Å². The van der Waals surface area contributed by atoms with E-state index in [0.29, 0.717) is 32.8 Å². The van der Waals surface area contributed by atoms with Crippen LogP contribution < -0.4 is 15.4 Å². The maximum Gasteiger partial charge on any atom is 0.252 e. The summed E-state index contributed by atoms with van der Waals surface area (Å²) >= 11 is 7.34. The normalized spacial score (nSPS) is 10.4. The number of para-hydroxylation sites is 1. The third-order valence-electron chi connectivity index (χ3n) is 3.64. The first-order chi connectivity index (χ1) is 13.0. The fourth-order valence-corrected chi connectivity index (χ4v) is 3.51. The van der Waals surface area contributed by atoms with Crippen LogP contribution >= 0.6 is 22.9 Å². The minimum atomic E-state index is -0.562. The summed E-state index contributed by atoms with van der Waals surface area (Å²) in [5.74, 6) is -0.357. The monoisotopic (exact) mass is 401 g/mol. The van der Waals surface area contributed by atoms with Crippen LogP contribution in [0.4, 0.5) is 10.8 Å². The Morgan fingerprint density at radius 3 is 2.70 bits per heavy atom. The number of carbonyl (C=O) groups excluding carboxylic acids is 2. The van der Waals surface area contributed by atoms with Crippen LogP contribution in [0.15, 0.2) is 53.9 Å². The smallest absolute Gasteiger partial charge is 0.252 e. The number of benzene rings is 2. The number of anilines is 2. The second-order valence-corrected chi connectivity index (χ2v) is 6.88. The molecule has 0 bridgehead atoms. The zero-order valence-corrected chi connectivity index (χ0v) is 16.0. The molecule has 0 unspecified atom stereocenters. The molecule has 1 heterocycles. The highest BCUT2D eigenvalue weighted by atomic mass is 35.5. The Morgan fingerprint density at radius 2 is 2.00 bits per heavy atom. The molecule has 6 nitrogen and oxygen atoms in total. The number of halogens is 1. The lowest BCUT2D eigenvalue weighted by molar-refractivity contribution is -0.115. The van der Waals surface area contributed by atoms with E-state index in [1.165, 1.54) is 23.2 Å². The molecule has 0 aliphatic rings. The van der Waals surface area contributed by atoms with Gasteiger partial charge in [-0.05, 0) is 30.3 Å². The molecular weight excluding hydrogens is 386 g/mol. The minimum Gasteiger partial charge on any atom is -0.486 e. The molecule has 3 aromatic rings. The standard InChI is InChI=1S/C19H16ClN3O3S/c1-12(24)23(15-6-4-5-13(20)9-15)19-22-14(11-27-19)10-26-17-8-3-2-7-16(17)18(21)25/h2-9,11H,10H2,1H3,(H2,21,25). The minimum absolute atomic E-state index is 0.141. The SMILES string of the molecule is CC(=O)N(c1cccc(Cl)c1)c1nc(COc2ccccc2C(N)=O)cs1. The molecule has 3 rings (SSSR count). The Kier molecular flexibility index (Phi) is 5.73. The molecule has 0 saturated heterocycles. The second kappa shape index (κ2) is 8.20. The lowest BCUT2D eigenvalue weighted by atomic mass is 10.2. The van der Waals surface area contributed by atoms with Crippen LogP contribution in [0.1, 0.15) is 23.0 Å². The number of hydrogen-bond acceptors (Lipinski definition) is 5. The number of rotatable bonds is 6. The van der Waals surface area contributed by atoms with Gasteiger partial charge in [-0.3, -0.25) is 14.5 Å². The van der Waals surface area contributed by atoms with E-state index in [1.54, 1.807) is 53.9 Å². The van der Waals surface area contributed by atoms with Gasteiger partial charge in [-0.2, -0.15) is 0 Å². The molecule has 8 heteroatoms. The highest BCUT2D eigenvalue weighted by molar-refractivity contribution is 7.14. The molecule has 0 fully saturated rings. The third kappa shape index (κ3) is 4.45. The molecule has 0 aliphatic heterocycles. The maximum atomic E-state index is 12.1. The summed E-state index contributed by atoms with van der Waals surface area (Å²) < 4.78 is 5.68. The van der Waals surface area contributed by atoms with E-state index in [9.17, 15) is 9.59 Å². The van der Waals surface area contributed by atoms with Gasteiger partial charge in [0.15, 0.2) is 5.13 Å². The van der Waals surface area contributed by atoms with Crippen molar-refractivity contribution in [1.82, 2.24) is 4.98 Å². The number of ether oxygens (including phenoxy) is 1. The van der Waals surface area contributed by atoms with Gasteiger partial charge in [-0.25, -0.2) is 4.98 Å². The lowest BCUT2D eigenvalue weighted by Gasteiger charge is -2.18. The number of nitrogens with zero attached hydrogens (tertiary/aromatic N) is 2. The van der Waals surface area contributed by atoms with E-state index in [2.05, 4.69) is 4.98 Å². The van der Waals surface area contributed by atoms with Crippen molar-refractivity contribution in [2.45, 2.75) is 13.5 Å². The molecule has 0 spiro atoms. The van der Waals surface area contributed by atoms with Gasteiger partial charge in [0.1, 0.15) is 12.4 Å². The van der Waals surface area contributed by atoms with Crippen molar-refractivity contribution in [3.8, 4) is 5.75 Å². The van der Waals surface area contributed by atoms with Gasteiger partial charge in [0.25, 0.3) is 5.91 Å².